The summed E-state index contributed by atoms with van der Waals surface area (Å²) >= 11 is 12.3. The van der Waals surface area contributed by atoms with Crippen molar-refractivity contribution in [2.24, 2.45) is 5.14 Å². The smallest absolute Gasteiger partial charge is 0.238 e. The Labute approximate surface area is 145 Å². The molecule has 2 rings (SSSR count). The molecule has 124 valence electrons. The number of anilines is 1. The van der Waals surface area contributed by atoms with E-state index in [1.165, 1.54) is 12.1 Å². The van der Waals surface area contributed by atoms with E-state index in [-0.39, 0.29) is 4.90 Å². The van der Waals surface area contributed by atoms with Crippen LogP contribution in [0.5, 0.6) is 5.75 Å². The van der Waals surface area contributed by atoms with Crippen LogP contribution in [0.3, 0.4) is 0 Å². The van der Waals surface area contributed by atoms with Gasteiger partial charge in [0.2, 0.25) is 10.0 Å². The van der Waals surface area contributed by atoms with E-state index in [1.54, 1.807) is 24.3 Å². The summed E-state index contributed by atoms with van der Waals surface area (Å²) < 4.78 is 27.8. The molecule has 5 nitrogen and oxygen atoms in total. The zero-order valence-electron chi connectivity index (χ0n) is 12.3. The standard InChI is InChI=1S/C15H16Cl2N2O3S/c1-2-22-15-13(16)7-10(8-14(15)17)9-19-11-3-5-12(6-4-11)23(18,20)21/h3-8,19H,2,9H2,1H3,(H2,18,20,21). The van der Waals surface area contributed by atoms with Gasteiger partial charge in [-0.05, 0) is 48.9 Å². The van der Waals surface area contributed by atoms with Crippen LogP contribution in [0.2, 0.25) is 10.0 Å². The molecule has 0 saturated carbocycles. The van der Waals surface area contributed by atoms with Crippen LogP contribution in [0.15, 0.2) is 41.3 Å². The average molecular weight is 375 g/mol. The number of rotatable bonds is 6. The van der Waals surface area contributed by atoms with Crippen molar-refractivity contribution in [3.63, 3.8) is 0 Å². The Morgan fingerprint density at radius 1 is 1.13 bits per heavy atom. The summed E-state index contributed by atoms with van der Waals surface area (Å²) in [6.45, 7) is 2.81. The third kappa shape index (κ3) is 4.75. The SMILES string of the molecule is CCOc1c(Cl)cc(CNc2ccc(S(N)(=O)=O)cc2)cc1Cl. The van der Waals surface area contributed by atoms with Crippen LogP contribution in [-0.2, 0) is 16.6 Å². The molecule has 0 aliphatic heterocycles. The Morgan fingerprint density at radius 3 is 2.17 bits per heavy atom. The Balaban J connectivity index is 2.09. The third-order valence-corrected chi connectivity index (χ3v) is 4.52. The van der Waals surface area contributed by atoms with Crippen molar-refractivity contribution in [1.29, 1.82) is 0 Å². The highest BCUT2D eigenvalue weighted by atomic mass is 35.5. The van der Waals surface area contributed by atoms with Crippen LogP contribution in [-0.4, -0.2) is 15.0 Å². The van der Waals surface area contributed by atoms with E-state index in [1.807, 2.05) is 6.92 Å². The van der Waals surface area contributed by atoms with Crippen molar-refractivity contribution in [3.05, 3.63) is 52.0 Å². The lowest BCUT2D eigenvalue weighted by atomic mass is 10.2. The predicted octanol–water partition coefficient (Wildman–Crippen LogP) is 3.65. The highest BCUT2D eigenvalue weighted by Crippen LogP contribution is 2.34. The molecule has 0 amide bonds. The van der Waals surface area contributed by atoms with Gasteiger partial charge >= 0.3 is 0 Å². The van der Waals surface area contributed by atoms with Crippen molar-refractivity contribution < 1.29 is 13.2 Å². The maximum atomic E-state index is 11.2. The Bertz CT molecular complexity index is 770. The summed E-state index contributed by atoms with van der Waals surface area (Å²) in [7, 11) is -3.68. The molecule has 0 aromatic heterocycles. The summed E-state index contributed by atoms with van der Waals surface area (Å²) in [5.74, 6) is 0.470. The predicted molar refractivity (Wildman–Crippen MR) is 92.8 cm³/mol. The molecule has 0 saturated heterocycles. The molecule has 0 aliphatic rings. The van der Waals surface area contributed by atoms with Gasteiger partial charge in [-0.15, -0.1) is 0 Å². The molecule has 3 N–H and O–H groups in total. The van der Waals surface area contributed by atoms with Crippen LogP contribution in [0.1, 0.15) is 12.5 Å². The Morgan fingerprint density at radius 2 is 1.70 bits per heavy atom. The Kier molecular flexibility index (Phi) is 5.75. The molecule has 0 unspecified atom stereocenters. The van der Waals surface area contributed by atoms with Gasteiger partial charge in [-0.1, -0.05) is 23.2 Å². The zero-order chi connectivity index (χ0) is 17.0. The first-order valence-electron chi connectivity index (χ1n) is 6.78. The van der Waals surface area contributed by atoms with Crippen LogP contribution in [0.25, 0.3) is 0 Å². The number of halogens is 2. The quantitative estimate of drug-likeness (QED) is 0.808. The molecular weight excluding hydrogens is 359 g/mol. The monoisotopic (exact) mass is 374 g/mol. The van der Waals surface area contributed by atoms with Crippen molar-refractivity contribution in [3.8, 4) is 5.75 Å². The van der Waals surface area contributed by atoms with E-state index in [0.717, 1.165) is 11.3 Å². The molecule has 23 heavy (non-hydrogen) atoms. The number of hydrogen-bond donors (Lipinski definition) is 2. The highest BCUT2D eigenvalue weighted by molar-refractivity contribution is 7.89. The number of ether oxygens (including phenoxy) is 1. The third-order valence-electron chi connectivity index (χ3n) is 3.03. The van der Waals surface area contributed by atoms with E-state index in [4.69, 9.17) is 33.1 Å². The van der Waals surface area contributed by atoms with Crippen LogP contribution in [0, 0.1) is 0 Å². The lowest BCUT2D eigenvalue weighted by Crippen LogP contribution is -2.12. The second-order valence-corrected chi connectivity index (χ2v) is 7.12. The second-order valence-electron chi connectivity index (χ2n) is 4.74. The van der Waals surface area contributed by atoms with E-state index >= 15 is 0 Å². The number of primary sulfonamides is 1. The fourth-order valence-electron chi connectivity index (χ4n) is 1.96. The van der Waals surface area contributed by atoms with E-state index in [2.05, 4.69) is 5.32 Å². The molecule has 0 atom stereocenters. The number of hydrogen-bond acceptors (Lipinski definition) is 4. The minimum Gasteiger partial charge on any atom is -0.491 e. The first-order chi connectivity index (χ1) is 10.8. The van der Waals surface area contributed by atoms with Crippen LogP contribution >= 0.6 is 23.2 Å². The first-order valence-corrected chi connectivity index (χ1v) is 9.09. The minimum absolute atomic E-state index is 0.0650. The van der Waals surface area contributed by atoms with Gasteiger partial charge in [0, 0.05) is 12.2 Å². The molecule has 2 aromatic carbocycles. The maximum absolute atomic E-state index is 11.2. The first kappa shape index (κ1) is 17.9. The van der Waals surface area contributed by atoms with Gasteiger partial charge in [-0.25, -0.2) is 13.6 Å². The van der Waals surface area contributed by atoms with Gasteiger partial charge in [0.1, 0.15) is 0 Å². The van der Waals surface area contributed by atoms with Crippen LogP contribution in [0.4, 0.5) is 5.69 Å². The van der Waals surface area contributed by atoms with E-state index in [0.29, 0.717) is 28.9 Å². The number of sulfonamides is 1. The van der Waals surface area contributed by atoms with Gasteiger partial charge in [0.15, 0.2) is 5.75 Å². The summed E-state index contributed by atoms with van der Waals surface area (Å²) in [4.78, 5) is 0.0650. The summed E-state index contributed by atoms with van der Waals surface area (Å²) in [6, 6.07) is 9.69. The molecule has 0 aliphatic carbocycles. The molecule has 0 heterocycles. The molecule has 2 aromatic rings. The lowest BCUT2D eigenvalue weighted by Gasteiger charge is -2.12. The van der Waals surface area contributed by atoms with Gasteiger partial charge in [-0.3, -0.25) is 0 Å². The highest BCUT2D eigenvalue weighted by Gasteiger charge is 2.10. The molecular formula is C15H16Cl2N2O3S. The van der Waals surface area contributed by atoms with Crippen LogP contribution < -0.4 is 15.2 Å². The zero-order valence-corrected chi connectivity index (χ0v) is 14.7. The van der Waals surface area contributed by atoms with Crippen molar-refractivity contribution in [1.82, 2.24) is 0 Å². The maximum Gasteiger partial charge on any atom is 0.238 e. The fraction of sp³-hybridized carbons (Fsp3) is 0.200. The fourth-order valence-corrected chi connectivity index (χ4v) is 3.12. The van der Waals surface area contributed by atoms with Gasteiger partial charge in [0.25, 0.3) is 0 Å². The molecule has 8 heteroatoms. The molecule has 0 spiro atoms. The van der Waals surface area contributed by atoms with E-state index in [9.17, 15) is 8.42 Å². The normalized spacial score (nSPS) is 11.3. The largest absolute Gasteiger partial charge is 0.491 e. The molecule has 0 bridgehead atoms. The summed E-state index contributed by atoms with van der Waals surface area (Å²) in [6.07, 6.45) is 0. The topological polar surface area (TPSA) is 81.4 Å². The van der Waals surface area contributed by atoms with Crippen molar-refractivity contribution in [2.75, 3.05) is 11.9 Å². The Hall–Kier alpha value is -1.47. The van der Waals surface area contributed by atoms with Gasteiger partial charge < -0.3 is 10.1 Å². The van der Waals surface area contributed by atoms with Gasteiger partial charge in [0.05, 0.1) is 21.5 Å². The van der Waals surface area contributed by atoms with Crippen molar-refractivity contribution >= 4 is 38.9 Å². The summed E-state index contributed by atoms with van der Waals surface area (Å²) in [5.41, 5.74) is 1.62. The number of nitrogens with one attached hydrogen (secondary N) is 1. The molecule has 0 radical (unpaired) electrons. The summed E-state index contributed by atoms with van der Waals surface area (Å²) in [5, 5.41) is 9.10. The average Bonchev–Trinajstić information content (AvgIpc) is 2.48. The van der Waals surface area contributed by atoms with Gasteiger partial charge in [-0.2, -0.15) is 0 Å². The second kappa shape index (κ2) is 7.40. The number of benzene rings is 2. The minimum atomic E-state index is -3.68. The van der Waals surface area contributed by atoms with Crippen molar-refractivity contribution in [2.45, 2.75) is 18.4 Å². The lowest BCUT2D eigenvalue weighted by molar-refractivity contribution is 0.340. The molecule has 0 fully saturated rings. The van der Waals surface area contributed by atoms with E-state index < -0.39 is 10.0 Å². The number of nitrogens with two attached hydrogens (primary N) is 1.